The Kier molecular flexibility index (Phi) is 10.7. The van der Waals surface area contributed by atoms with E-state index in [1.165, 1.54) is 18.9 Å². The van der Waals surface area contributed by atoms with Crippen LogP contribution >= 0.6 is 24.2 Å². The van der Waals surface area contributed by atoms with E-state index in [2.05, 4.69) is 10.1 Å². The highest BCUT2D eigenvalue weighted by atomic mass is 35.5. The summed E-state index contributed by atoms with van der Waals surface area (Å²) >= 11 is 1.42. The van der Waals surface area contributed by atoms with Crippen molar-refractivity contribution in [1.82, 2.24) is 5.32 Å². The zero-order valence-corrected chi connectivity index (χ0v) is 14.4. The SMILES string of the molecule is COC(=O)CSCCNC(=O)C(C)C(N)c1ccccc1.Cl. The molecule has 0 saturated heterocycles. The molecule has 0 spiro atoms. The van der Waals surface area contributed by atoms with Crippen LogP contribution in [0.1, 0.15) is 18.5 Å². The molecule has 0 radical (unpaired) electrons. The summed E-state index contributed by atoms with van der Waals surface area (Å²) in [7, 11) is 1.36. The first-order valence-electron chi connectivity index (χ1n) is 6.79. The topological polar surface area (TPSA) is 81.4 Å². The number of carbonyl (C=O) groups is 2. The molecule has 5 nitrogen and oxygen atoms in total. The van der Waals surface area contributed by atoms with Crippen molar-refractivity contribution in [2.24, 2.45) is 11.7 Å². The van der Waals surface area contributed by atoms with Crippen molar-refractivity contribution in [2.75, 3.05) is 25.2 Å². The van der Waals surface area contributed by atoms with Crippen LogP contribution in [0.3, 0.4) is 0 Å². The molecule has 2 unspecified atom stereocenters. The van der Waals surface area contributed by atoms with Crippen molar-refractivity contribution < 1.29 is 14.3 Å². The molecular formula is C15H23ClN2O3S. The van der Waals surface area contributed by atoms with Crippen LogP contribution in [0.5, 0.6) is 0 Å². The van der Waals surface area contributed by atoms with Crippen molar-refractivity contribution in [3.05, 3.63) is 35.9 Å². The van der Waals surface area contributed by atoms with Gasteiger partial charge in [-0.05, 0) is 5.56 Å². The summed E-state index contributed by atoms with van der Waals surface area (Å²) in [5, 5.41) is 2.83. The van der Waals surface area contributed by atoms with E-state index in [1.54, 1.807) is 0 Å². The van der Waals surface area contributed by atoms with Crippen LogP contribution in [0.25, 0.3) is 0 Å². The lowest BCUT2D eigenvalue weighted by Crippen LogP contribution is -2.36. The van der Waals surface area contributed by atoms with E-state index < -0.39 is 0 Å². The Morgan fingerprint density at radius 3 is 2.55 bits per heavy atom. The van der Waals surface area contributed by atoms with Crippen LogP contribution in [0.4, 0.5) is 0 Å². The second-order valence-corrected chi connectivity index (χ2v) is 5.75. The molecule has 0 saturated carbocycles. The summed E-state index contributed by atoms with van der Waals surface area (Å²) in [5.74, 6) is 0.313. The van der Waals surface area contributed by atoms with E-state index in [0.29, 0.717) is 18.1 Å². The number of halogens is 1. The maximum atomic E-state index is 12.0. The van der Waals surface area contributed by atoms with Crippen LogP contribution in [0.2, 0.25) is 0 Å². The molecule has 0 aromatic heterocycles. The maximum absolute atomic E-state index is 12.0. The minimum Gasteiger partial charge on any atom is -0.468 e. The van der Waals surface area contributed by atoms with Crippen molar-refractivity contribution in [2.45, 2.75) is 13.0 Å². The first-order valence-corrected chi connectivity index (χ1v) is 7.94. The number of ether oxygens (including phenoxy) is 1. The first-order chi connectivity index (χ1) is 10.1. The van der Waals surface area contributed by atoms with Crippen LogP contribution in [-0.2, 0) is 14.3 Å². The molecule has 1 aromatic rings. The zero-order valence-electron chi connectivity index (χ0n) is 12.8. The van der Waals surface area contributed by atoms with Gasteiger partial charge in [-0.25, -0.2) is 0 Å². The Labute approximate surface area is 141 Å². The number of nitrogens with one attached hydrogen (secondary N) is 1. The standard InChI is InChI=1S/C15H22N2O3S.ClH/c1-11(14(16)12-6-4-3-5-7-12)15(19)17-8-9-21-10-13(18)20-2;/h3-7,11,14H,8-10,16H2,1-2H3,(H,17,19);1H. The minimum absolute atomic E-state index is 0. The highest BCUT2D eigenvalue weighted by Crippen LogP contribution is 2.18. The van der Waals surface area contributed by atoms with Crippen molar-refractivity contribution in [3.63, 3.8) is 0 Å². The molecule has 0 fully saturated rings. The normalized spacial score (nSPS) is 12.7. The monoisotopic (exact) mass is 346 g/mol. The maximum Gasteiger partial charge on any atom is 0.315 e. The molecule has 2 atom stereocenters. The van der Waals surface area contributed by atoms with Gasteiger partial charge in [-0.15, -0.1) is 24.2 Å². The van der Waals surface area contributed by atoms with Crippen LogP contribution in [-0.4, -0.2) is 37.0 Å². The number of amides is 1. The number of thioether (sulfide) groups is 1. The van der Waals surface area contributed by atoms with Gasteiger partial charge >= 0.3 is 5.97 Å². The largest absolute Gasteiger partial charge is 0.468 e. The van der Waals surface area contributed by atoms with Gasteiger partial charge in [0.05, 0.1) is 18.8 Å². The van der Waals surface area contributed by atoms with Crippen LogP contribution in [0.15, 0.2) is 30.3 Å². The van der Waals surface area contributed by atoms with E-state index in [9.17, 15) is 9.59 Å². The van der Waals surface area contributed by atoms with Crippen molar-refractivity contribution >= 4 is 36.0 Å². The lowest BCUT2D eigenvalue weighted by molar-refractivity contribution is -0.137. The van der Waals surface area contributed by atoms with Gasteiger partial charge in [0.25, 0.3) is 0 Å². The Balaban J connectivity index is 0.00000441. The third kappa shape index (κ3) is 7.15. The average Bonchev–Trinajstić information content (AvgIpc) is 2.53. The molecule has 0 aliphatic carbocycles. The lowest BCUT2D eigenvalue weighted by Gasteiger charge is -2.19. The summed E-state index contributed by atoms with van der Waals surface area (Å²) in [5.41, 5.74) is 7.05. The summed E-state index contributed by atoms with van der Waals surface area (Å²) < 4.78 is 4.53. The van der Waals surface area contributed by atoms with E-state index in [-0.39, 0.29) is 36.2 Å². The van der Waals surface area contributed by atoms with E-state index in [0.717, 1.165) is 5.56 Å². The fourth-order valence-electron chi connectivity index (χ4n) is 1.75. The molecule has 7 heteroatoms. The molecule has 124 valence electrons. The van der Waals surface area contributed by atoms with Crippen molar-refractivity contribution in [3.8, 4) is 0 Å². The summed E-state index contributed by atoms with van der Waals surface area (Å²) in [6.45, 7) is 2.32. The van der Waals surface area contributed by atoms with Gasteiger partial charge < -0.3 is 15.8 Å². The number of methoxy groups -OCH3 is 1. The molecule has 22 heavy (non-hydrogen) atoms. The summed E-state index contributed by atoms with van der Waals surface area (Å²) in [6, 6.07) is 9.24. The number of nitrogens with two attached hydrogens (primary N) is 1. The number of hydrogen-bond acceptors (Lipinski definition) is 5. The van der Waals surface area contributed by atoms with Gasteiger partial charge in [-0.1, -0.05) is 37.3 Å². The number of carbonyl (C=O) groups excluding carboxylic acids is 2. The predicted octanol–water partition coefficient (Wildman–Crippen LogP) is 1.77. The zero-order chi connectivity index (χ0) is 15.7. The molecule has 0 heterocycles. The van der Waals surface area contributed by atoms with Crippen molar-refractivity contribution in [1.29, 1.82) is 0 Å². The van der Waals surface area contributed by atoms with Gasteiger partial charge in [0.15, 0.2) is 0 Å². The predicted molar refractivity (Wildman–Crippen MR) is 92.1 cm³/mol. The van der Waals surface area contributed by atoms with Gasteiger partial charge in [-0.3, -0.25) is 9.59 Å². The Morgan fingerprint density at radius 1 is 1.32 bits per heavy atom. The summed E-state index contributed by atoms with van der Waals surface area (Å²) in [4.78, 5) is 22.9. The molecule has 0 bridgehead atoms. The fraction of sp³-hybridized carbons (Fsp3) is 0.467. The number of hydrogen-bond donors (Lipinski definition) is 2. The minimum atomic E-state index is -0.325. The molecule has 0 aliphatic rings. The van der Waals surface area contributed by atoms with E-state index in [1.807, 2.05) is 37.3 Å². The van der Waals surface area contributed by atoms with Crippen LogP contribution < -0.4 is 11.1 Å². The number of benzene rings is 1. The van der Waals surface area contributed by atoms with Gasteiger partial charge in [0.2, 0.25) is 5.91 Å². The van der Waals surface area contributed by atoms with Gasteiger partial charge in [0.1, 0.15) is 0 Å². The van der Waals surface area contributed by atoms with E-state index >= 15 is 0 Å². The second-order valence-electron chi connectivity index (χ2n) is 4.64. The van der Waals surface area contributed by atoms with E-state index in [4.69, 9.17) is 5.73 Å². The summed E-state index contributed by atoms with van der Waals surface area (Å²) in [6.07, 6.45) is 0. The highest BCUT2D eigenvalue weighted by molar-refractivity contribution is 7.99. The molecular weight excluding hydrogens is 324 g/mol. The Bertz CT molecular complexity index is 459. The second kappa shape index (κ2) is 11.3. The Morgan fingerprint density at radius 2 is 1.95 bits per heavy atom. The quantitative estimate of drug-likeness (QED) is 0.553. The Hall–Kier alpha value is -1.24. The van der Waals surface area contributed by atoms with Crippen LogP contribution in [0, 0.1) is 5.92 Å². The average molecular weight is 347 g/mol. The molecule has 1 rings (SSSR count). The molecule has 3 N–H and O–H groups in total. The lowest BCUT2D eigenvalue weighted by atomic mass is 9.95. The third-order valence-corrected chi connectivity index (χ3v) is 4.06. The highest BCUT2D eigenvalue weighted by Gasteiger charge is 2.21. The number of esters is 1. The first kappa shape index (κ1) is 20.8. The fourth-order valence-corrected chi connectivity index (χ4v) is 2.42. The number of rotatable bonds is 8. The smallest absolute Gasteiger partial charge is 0.315 e. The molecule has 0 aliphatic heterocycles. The molecule has 1 amide bonds. The third-order valence-electron chi connectivity index (χ3n) is 3.13. The molecule has 1 aromatic carbocycles. The van der Waals surface area contributed by atoms with Gasteiger partial charge in [0, 0.05) is 18.3 Å². The van der Waals surface area contributed by atoms with Gasteiger partial charge in [-0.2, -0.15) is 0 Å².